The standard InChI is InChI=1S/C20H14Br2O3/c21-16-5-9-18(10-6-16)24-13-14-1-3-15(4-2-14)20(23)25-19-11-7-17(22)8-12-19/h1-12H,13H2. The van der Waals surface area contributed by atoms with Crippen LogP contribution < -0.4 is 9.47 Å². The van der Waals surface area contributed by atoms with Gasteiger partial charge >= 0.3 is 5.97 Å². The first-order chi connectivity index (χ1) is 12.1. The second-order valence-electron chi connectivity index (χ2n) is 5.28. The fourth-order valence-electron chi connectivity index (χ4n) is 2.10. The van der Waals surface area contributed by atoms with E-state index in [4.69, 9.17) is 9.47 Å². The van der Waals surface area contributed by atoms with E-state index in [-0.39, 0.29) is 5.97 Å². The molecule has 0 unspecified atom stereocenters. The highest BCUT2D eigenvalue weighted by atomic mass is 79.9. The summed E-state index contributed by atoms with van der Waals surface area (Å²) < 4.78 is 13.0. The van der Waals surface area contributed by atoms with Crippen molar-refractivity contribution in [3.63, 3.8) is 0 Å². The quantitative estimate of drug-likeness (QED) is 0.344. The summed E-state index contributed by atoms with van der Waals surface area (Å²) >= 11 is 6.73. The molecule has 0 aliphatic carbocycles. The molecule has 0 aliphatic rings. The van der Waals surface area contributed by atoms with Gasteiger partial charge in [0.2, 0.25) is 0 Å². The summed E-state index contributed by atoms with van der Waals surface area (Å²) in [7, 11) is 0. The Hall–Kier alpha value is -2.11. The van der Waals surface area contributed by atoms with Crippen LogP contribution in [0.5, 0.6) is 11.5 Å². The molecule has 0 atom stereocenters. The van der Waals surface area contributed by atoms with Gasteiger partial charge in [-0.15, -0.1) is 0 Å². The monoisotopic (exact) mass is 460 g/mol. The van der Waals surface area contributed by atoms with E-state index in [1.165, 1.54) is 0 Å². The molecule has 3 nitrogen and oxygen atoms in total. The van der Waals surface area contributed by atoms with Crippen LogP contribution in [0.1, 0.15) is 15.9 Å². The van der Waals surface area contributed by atoms with Crippen molar-refractivity contribution >= 4 is 37.8 Å². The maximum Gasteiger partial charge on any atom is 0.343 e. The summed E-state index contributed by atoms with van der Waals surface area (Å²) in [5, 5.41) is 0. The van der Waals surface area contributed by atoms with Crippen molar-refractivity contribution in [2.45, 2.75) is 6.61 Å². The van der Waals surface area contributed by atoms with Gasteiger partial charge < -0.3 is 9.47 Å². The molecule has 0 radical (unpaired) electrons. The molecule has 3 aromatic carbocycles. The lowest BCUT2D eigenvalue weighted by Gasteiger charge is -2.08. The minimum Gasteiger partial charge on any atom is -0.489 e. The minimum absolute atomic E-state index is 0.386. The zero-order valence-electron chi connectivity index (χ0n) is 13.1. The lowest BCUT2D eigenvalue weighted by atomic mass is 10.1. The third kappa shape index (κ3) is 5.18. The molecule has 0 heterocycles. The van der Waals surface area contributed by atoms with Crippen LogP contribution in [0.3, 0.4) is 0 Å². The van der Waals surface area contributed by atoms with Crippen LogP contribution in [-0.4, -0.2) is 5.97 Å². The first kappa shape index (κ1) is 17.7. The maximum atomic E-state index is 12.2. The highest BCUT2D eigenvalue weighted by Crippen LogP contribution is 2.19. The molecule has 0 aliphatic heterocycles. The van der Waals surface area contributed by atoms with Gasteiger partial charge in [-0.2, -0.15) is 0 Å². The molecule has 3 rings (SSSR count). The average Bonchev–Trinajstić information content (AvgIpc) is 2.63. The number of halogens is 2. The fraction of sp³-hybridized carbons (Fsp3) is 0.0500. The van der Waals surface area contributed by atoms with E-state index < -0.39 is 0 Å². The van der Waals surface area contributed by atoms with Crippen molar-refractivity contribution < 1.29 is 14.3 Å². The second kappa shape index (κ2) is 8.32. The summed E-state index contributed by atoms with van der Waals surface area (Å²) in [6.45, 7) is 0.434. The molecule has 0 aromatic heterocycles. The predicted molar refractivity (Wildman–Crippen MR) is 104 cm³/mol. The summed E-state index contributed by atoms with van der Waals surface area (Å²) in [6.07, 6.45) is 0. The largest absolute Gasteiger partial charge is 0.489 e. The van der Waals surface area contributed by atoms with Crippen molar-refractivity contribution in [1.82, 2.24) is 0 Å². The second-order valence-corrected chi connectivity index (χ2v) is 7.11. The van der Waals surface area contributed by atoms with E-state index in [9.17, 15) is 4.79 Å². The molecule has 3 aromatic rings. The molecular formula is C20H14Br2O3. The SMILES string of the molecule is O=C(Oc1ccc(Br)cc1)c1ccc(COc2ccc(Br)cc2)cc1. The Morgan fingerprint density at radius 1 is 0.720 bits per heavy atom. The minimum atomic E-state index is -0.386. The van der Waals surface area contributed by atoms with E-state index in [0.717, 1.165) is 20.3 Å². The Kier molecular flexibility index (Phi) is 5.89. The Bertz CT molecular complexity index is 842. The van der Waals surface area contributed by atoms with Gasteiger partial charge in [0.05, 0.1) is 5.56 Å². The summed E-state index contributed by atoms with van der Waals surface area (Å²) in [5.41, 5.74) is 1.47. The summed E-state index contributed by atoms with van der Waals surface area (Å²) in [4.78, 5) is 12.2. The molecule has 0 N–H and O–H groups in total. The molecule has 126 valence electrons. The zero-order chi connectivity index (χ0) is 17.6. The van der Waals surface area contributed by atoms with E-state index in [1.807, 2.05) is 48.5 Å². The van der Waals surface area contributed by atoms with Crippen LogP contribution in [0.25, 0.3) is 0 Å². The lowest BCUT2D eigenvalue weighted by molar-refractivity contribution is 0.0734. The average molecular weight is 462 g/mol. The number of esters is 1. The van der Waals surface area contributed by atoms with E-state index >= 15 is 0 Å². The van der Waals surface area contributed by atoms with E-state index in [1.54, 1.807) is 24.3 Å². The highest BCUT2D eigenvalue weighted by molar-refractivity contribution is 9.10. The zero-order valence-corrected chi connectivity index (χ0v) is 16.3. The number of hydrogen-bond donors (Lipinski definition) is 0. The Morgan fingerprint density at radius 3 is 1.80 bits per heavy atom. The third-order valence-corrected chi connectivity index (χ3v) is 4.49. The van der Waals surface area contributed by atoms with Gasteiger partial charge in [0.15, 0.2) is 0 Å². The summed E-state index contributed by atoms with van der Waals surface area (Å²) in [5.74, 6) is 0.917. The van der Waals surface area contributed by atoms with E-state index in [0.29, 0.717) is 17.9 Å². The van der Waals surface area contributed by atoms with Crippen molar-refractivity contribution in [1.29, 1.82) is 0 Å². The maximum absolute atomic E-state index is 12.2. The van der Waals surface area contributed by atoms with Crippen LogP contribution in [0.15, 0.2) is 81.7 Å². The number of rotatable bonds is 5. The van der Waals surface area contributed by atoms with Gasteiger partial charge in [-0.25, -0.2) is 4.79 Å². The lowest BCUT2D eigenvalue weighted by Crippen LogP contribution is -2.08. The first-order valence-corrected chi connectivity index (χ1v) is 9.14. The molecule has 0 amide bonds. The van der Waals surface area contributed by atoms with Gasteiger partial charge in [-0.3, -0.25) is 0 Å². The van der Waals surface area contributed by atoms with Crippen LogP contribution in [0, 0.1) is 0 Å². The Labute approximate surface area is 162 Å². The van der Waals surface area contributed by atoms with Gasteiger partial charge in [0.1, 0.15) is 18.1 Å². The molecule has 0 spiro atoms. The molecular weight excluding hydrogens is 448 g/mol. The smallest absolute Gasteiger partial charge is 0.343 e. The van der Waals surface area contributed by atoms with Crippen molar-refractivity contribution in [2.75, 3.05) is 0 Å². The predicted octanol–water partition coefficient (Wildman–Crippen LogP) is 6.01. The molecule has 25 heavy (non-hydrogen) atoms. The van der Waals surface area contributed by atoms with Gasteiger partial charge in [0, 0.05) is 8.95 Å². The highest BCUT2D eigenvalue weighted by Gasteiger charge is 2.08. The normalized spacial score (nSPS) is 10.3. The van der Waals surface area contributed by atoms with Crippen molar-refractivity contribution in [3.8, 4) is 11.5 Å². The Morgan fingerprint density at radius 2 is 1.24 bits per heavy atom. The number of carbonyl (C=O) groups excluding carboxylic acids is 1. The summed E-state index contributed by atoms with van der Waals surface area (Å²) in [6, 6.07) is 22.0. The Balaban J connectivity index is 1.58. The molecule has 0 saturated carbocycles. The van der Waals surface area contributed by atoms with Crippen LogP contribution in [0.2, 0.25) is 0 Å². The first-order valence-electron chi connectivity index (χ1n) is 7.55. The number of ether oxygens (including phenoxy) is 2. The number of benzene rings is 3. The molecule has 0 bridgehead atoms. The van der Waals surface area contributed by atoms with Gasteiger partial charge in [-0.1, -0.05) is 44.0 Å². The van der Waals surface area contributed by atoms with E-state index in [2.05, 4.69) is 31.9 Å². The van der Waals surface area contributed by atoms with Gasteiger partial charge in [-0.05, 0) is 66.2 Å². The van der Waals surface area contributed by atoms with Crippen molar-refractivity contribution in [2.24, 2.45) is 0 Å². The third-order valence-electron chi connectivity index (χ3n) is 3.43. The topological polar surface area (TPSA) is 35.5 Å². The molecule has 5 heteroatoms. The van der Waals surface area contributed by atoms with Crippen LogP contribution >= 0.6 is 31.9 Å². The van der Waals surface area contributed by atoms with Crippen LogP contribution in [-0.2, 0) is 6.61 Å². The van der Waals surface area contributed by atoms with Crippen molar-refractivity contribution in [3.05, 3.63) is 92.9 Å². The molecule has 0 fully saturated rings. The number of hydrogen-bond acceptors (Lipinski definition) is 3. The molecule has 0 saturated heterocycles. The van der Waals surface area contributed by atoms with Crippen LogP contribution in [0.4, 0.5) is 0 Å². The fourth-order valence-corrected chi connectivity index (χ4v) is 2.63. The number of carbonyl (C=O) groups is 1. The van der Waals surface area contributed by atoms with Gasteiger partial charge in [0.25, 0.3) is 0 Å².